The number of benzene rings is 2. The number of carbonyl (C=O) groups excluding carboxylic acids is 1. The normalized spacial score (nSPS) is 20.0. The number of sulfonamides is 1. The van der Waals surface area contributed by atoms with Gasteiger partial charge in [-0.25, -0.2) is 8.42 Å². The van der Waals surface area contributed by atoms with E-state index in [1.165, 1.54) is 10.4 Å². The molecule has 0 aromatic heterocycles. The van der Waals surface area contributed by atoms with Gasteiger partial charge in [0.05, 0.1) is 17.2 Å². The van der Waals surface area contributed by atoms with Crippen LogP contribution in [-0.2, 0) is 10.0 Å². The summed E-state index contributed by atoms with van der Waals surface area (Å²) >= 11 is 0. The Bertz CT molecular complexity index is 980. The summed E-state index contributed by atoms with van der Waals surface area (Å²) in [5, 5.41) is 2.84. The van der Waals surface area contributed by atoms with Crippen molar-refractivity contribution in [2.75, 3.05) is 25.0 Å². The molecule has 0 aliphatic carbocycles. The summed E-state index contributed by atoms with van der Waals surface area (Å²) in [6.07, 6.45) is 1.88. The van der Waals surface area contributed by atoms with Crippen LogP contribution >= 0.6 is 0 Å². The third kappa shape index (κ3) is 5.21. The van der Waals surface area contributed by atoms with E-state index in [9.17, 15) is 13.2 Å². The van der Waals surface area contributed by atoms with Gasteiger partial charge in [0, 0.05) is 18.7 Å². The second-order valence-electron chi connectivity index (χ2n) is 8.09. The number of carbonyl (C=O) groups is 1. The largest absolute Gasteiger partial charge is 0.491 e. The molecule has 6 nitrogen and oxygen atoms in total. The fourth-order valence-corrected chi connectivity index (χ4v) is 5.58. The molecule has 30 heavy (non-hydrogen) atoms. The van der Waals surface area contributed by atoms with Crippen LogP contribution in [0.5, 0.6) is 5.75 Å². The first kappa shape index (κ1) is 22.3. The van der Waals surface area contributed by atoms with Crippen LogP contribution in [0.4, 0.5) is 5.69 Å². The minimum atomic E-state index is -3.65. The van der Waals surface area contributed by atoms with Gasteiger partial charge < -0.3 is 10.1 Å². The Labute approximate surface area is 179 Å². The van der Waals surface area contributed by atoms with Gasteiger partial charge in [0.1, 0.15) is 5.75 Å². The molecule has 2 unspecified atom stereocenters. The molecule has 1 aliphatic heterocycles. The maximum atomic E-state index is 13.2. The highest BCUT2D eigenvalue weighted by Gasteiger charge is 2.32. The molecular formula is C23H30N2O4S. The topological polar surface area (TPSA) is 75.7 Å². The van der Waals surface area contributed by atoms with Gasteiger partial charge in [-0.3, -0.25) is 4.79 Å². The maximum Gasteiger partial charge on any atom is 0.255 e. The van der Waals surface area contributed by atoms with Crippen molar-refractivity contribution in [1.82, 2.24) is 4.31 Å². The van der Waals surface area contributed by atoms with E-state index in [1.807, 2.05) is 19.1 Å². The molecule has 0 spiro atoms. The maximum absolute atomic E-state index is 13.2. The van der Waals surface area contributed by atoms with Crippen LogP contribution in [0.15, 0.2) is 53.4 Å². The zero-order valence-electron chi connectivity index (χ0n) is 17.8. The lowest BCUT2D eigenvalue weighted by atomic mass is 9.94. The lowest BCUT2D eigenvalue weighted by Crippen LogP contribution is -2.42. The molecule has 1 saturated heterocycles. The van der Waals surface area contributed by atoms with Crippen LogP contribution in [0.25, 0.3) is 0 Å². The van der Waals surface area contributed by atoms with E-state index in [1.54, 1.807) is 30.3 Å². The van der Waals surface area contributed by atoms with Crippen molar-refractivity contribution < 1.29 is 17.9 Å². The van der Waals surface area contributed by atoms with Gasteiger partial charge in [-0.2, -0.15) is 4.31 Å². The van der Waals surface area contributed by atoms with E-state index in [0.29, 0.717) is 48.5 Å². The molecular weight excluding hydrogens is 400 g/mol. The van der Waals surface area contributed by atoms with Crippen LogP contribution in [0.2, 0.25) is 0 Å². The molecule has 1 aliphatic rings. The minimum absolute atomic E-state index is 0.145. The molecule has 2 aromatic rings. The van der Waals surface area contributed by atoms with E-state index in [-0.39, 0.29) is 10.8 Å². The fraction of sp³-hybridized carbons (Fsp3) is 0.435. The first-order valence-electron chi connectivity index (χ1n) is 10.4. The van der Waals surface area contributed by atoms with E-state index in [4.69, 9.17) is 4.74 Å². The van der Waals surface area contributed by atoms with Crippen molar-refractivity contribution in [3.8, 4) is 5.75 Å². The number of piperidine rings is 1. The first-order valence-corrected chi connectivity index (χ1v) is 11.9. The van der Waals surface area contributed by atoms with Crippen molar-refractivity contribution in [3.63, 3.8) is 0 Å². The number of para-hydroxylation sites is 2. The number of anilines is 1. The van der Waals surface area contributed by atoms with Crippen molar-refractivity contribution in [2.45, 2.75) is 38.5 Å². The number of hydrogen-bond acceptors (Lipinski definition) is 4. The van der Waals surface area contributed by atoms with Gasteiger partial charge in [-0.05, 0) is 55.0 Å². The second kappa shape index (κ2) is 9.62. The molecule has 0 saturated carbocycles. The Morgan fingerprint density at radius 1 is 1.10 bits per heavy atom. The highest BCUT2D eigenvalue weighted by atomic mass is 32.2. The van der Waals surface area contributed by atoms with E-state index in [2.05, 4.69) is 19.2 Å². The third-order valence-electron chi connectivity index (χ3n) is 5.17. The lowest BCUT2D eigenvalue weighted by molar-refractivity contribution is 0.102. The fourth-order valence-electron chi connectivity index (χ4n) is 3.85. The predicted molar refractivity (Wildman–Crippen MR) is 118 cm³/mol. The van der Waals surface area contributed by atoms with Crippen LogP contribution in [0, 0.1) is 11.8 Å². The van der Waals surface area contributed by atoms with Crippen LogP contribution in [0.1, 0.15) is 44.0 Å². The Morgan fingerprint density at radius 2 is 1.80 bits per heavy atom. The molecule has 7 heteroatoms. The molecule has 2 atom stereocenters. The van der Waals surface area contributed by atoms with Crippen LogP contribution in [-0.4, -0.2) is 38.3 Å². The summed E-state index contributed by atoms with van der Waals surface area (Å²) in [6.45, 7) is 7.71. The summed E-state index contributed by atoms with van der Waals surface area (Å²) in [7, 11) is -3.65. The molecule has 1 amide bonds. The monoisotopic (exact) mass is 430 g/mol. The zero-order chi connectivity index (χ0) is 21.7. The quantitative estimate of drug-likeness (QED) is 0.707. The van der Waals surface area contributed by atoms with Crippen molar-refractivity contribution in [1.29, 1.82) is 0 Å². The van der Waals surface area contributed by atoms with Gasteiger partial charge in [0.15, 0.2) is 0 Å². The number of hydrogen-bond donors (Lipinski definition) is 1. The lowest BCUT2D eigenvalue weighted by Gasteiger charge is -2.34. The highest BCUT2D eigenvalue weighted by molar-refractivity contribution is 7.89. The van der Waals surface area contributed by atoms with E-state index >= 15 is 0 Å². The molecule has 3 rings (SSSR count). The summed E-state index contributed by atoms with van der Waals surface area (Å²) in [6, 6.07) is 13.4. The molecule has 1 N–H and O–H groups in total. The summed E-state index contributed by atoms with van der Waals surface area (Å²) in [5.74, 6) is 0.844. The molecule has 2 aromatic carbocycles. The number of nitrogens with zero attached hydrogens (tertiary/aromatic N) is 1. The Morgan fingerprint density at radius 3 is 2.50 bits per heavy atom. The smallest absolute Gasteiger partial charge is 0.255 e. The predicted octanol–water partition coefficient (Wildman–Crippen LogP) is 4.39. The van der Waals surface area contributed by atoms with Crippen molar-refractivity contribution in [3.05, 3.63) is 54.1 Å². The average Bonchev–Trinajstić information content (AvgIpc) is 2.72. The van der Waals surface area contributed by atoms with Crippen molar-refractivity contribution in [2.24, 2.45) is 11.8 Å². The Kier molecular flexibility index (Phi) is 7.15. The second-order valence-corrected chi connectivity index (χ2v) is 10.0. The SMILES string of the molecule is CCCOc1ccccc1NC(=O)c1cccc(S(=O)(=O)N2CC(C)CC(C)C2)c1. The van der Waals surface area contributed by atoms with Crippen LogP contribution in [0.3, 0.4) is 0 Å². The molecule has 1 heterocycles. The highest BCUT2D eigenvalue weighted by Crippen LogP contribution is 2.28. The third-order valence-corrected chi connectivity index (χ3v) is 6.99. The zero-order valence-corrected chi connectivity index (χ0v) is 18.6. The van der Waals surface area contributed by atoms with Gasteiger partial charge in [0.2, 0.25) is 10.0 Å². The Hall–Kier alpha value is -2.38. The summed E-state index contributed by atoms with van der Waals surface area (Å²) in [4.78, 5) is 13.0. The standard InChI is InChI=1S/C23H30N2O4S/c1-4-12-29-22-11-6-5-10-21(22)24-23(26)19-8-7-9-20(14-19)30(27,28)25-15-17(2)13-18(3)16-25/h5-11,14,17-18H,4,12-13,15-16H2,1-3H3,(H,24,26). The Balaban J connectivity index is 1.81. The number of ether oxygens (including phenoxy) is 1. The van der Waals surface area contributed by atoms with Gasteiger partial charge >= 0.3 is 0 Å². The minimum Gasteiger partial charge on any atom is -0.491 e. The van der Waals surface area contributed by atoms with E-state index < -0.39 is 10.0 Å². The summed E-state index contributed by atoms with van der Waals surface area (Å²) < 4.78 is 33.5. The first-order chi connectivity index (χ1) is 14.3. The van der Waals surface area contributed by atoms with Crippen molar-refractivity contribution >= 4 is 21.6 Å². The molecule has 1 fully saturated rings. The number of amides is 1. The van der Waals surface area contributed by atoms with Gasteiger partial charge in [-0.15, -0.1) is 0 Å². The van der Waals surface area contributed by atoms with Crippen LogP contribution < -0.4 is 10.1 Å². The van der Waals surface area contributed by atoms with E-state index in [0.717, 1.165) is 12.8 Å². The average molecular weight is 431 g/mol. The molecule has 0 radical (unpaired) electrons. The van der Waals surface area contributed by atoms with Gasteiger partial charge in [-0.1, -0.05) is 39.0 Å². The molecule has 162 valence electrons. The molecule has 0 bridgehead atoms. The number of nitrogens with one attached hydrogen (secondary N) is 1. The van der Waals surface area contributed by atoms with Gasteiger partial charge in [0.25, 0.3) is 5.91 Å². The summed E-state index contributed by atoms with van der Waals surface area (Å²) in [5.41, 5.74) is 0.849. The number of rotatable bonds is 7.